The summed E-state index contributed by atoms with van der Waals surface area (Å²) in [6.45, 7) is 2.14. The lowest BCUT2D eigenvalue weighted by atomic mass is 10.2. The Balaban J connectivity index is 2.09. The Morgan fingerprint density at radius 1 is 1.06 bits per heavy atom. The maximum Gasteiger partial charge on any atom is 0.0294 e. The van der Waals surface area contributed by atoms with Gasteiger partial charge in [-0.05, 0) is 24.1 Å². The molecule has 0 heterocycles. The molecule has 2 aromatic rings. The fourth-order valence-corrected chi connectivity index (χ4v) is 3.33. The fraction of sp³-hybridized carbons (Fsp3) is 0.200. The molecular formula is C15H15BrS. The predicted octanol–water partition coefficient (Wildman–Crippen LogP) is 5.18. The molecule has 0 nitrogen and oxygen atoms in total. The van der Waals surface area contributed by atoms with Crippen molar-refractivity contribution in [2.24, 2.45) is 0 Å². The predicted molar refractivity (Wildman–Crippen MR) is 79.8 cm³/mol. The molecule has 0 aromatic heterocycles. The zero-order valence-electron chi connectivity index (χ0n) is 9.82. The molecule has 2 heteroatoms. The third-order valence-electron chi connectivity index (χ3n) is 2.60. The highest BCUT2D eigenvalue weighted by Gasteiger charge is 2.02. The van der Waals surface area contributed by atoms with Crippen LogP contribution in [0.2, 0.25) is 0 Å². The third-order valence-corrected chi connectivity index (χ3v) is 4.39. The van der Waals surface area contributed by atoms with Crippen molar-refractivity contribution < 1.29 is 0 Å². The molecule has 0 fully saturated rings. The van der Waals surface area contributed by atoms with Crippen molar-refractivity contribution in [3.8, 4) is 0 Å². The molecule has 0 saturated carbocycles. The fourth-order valence-electron chi connectivity index (χ4n) is 1.69. The maximum absolute atomic E-state index is 3.56. The Labute approximate surface area is 116 Å². The average Bonchev–Trinajstić information content (AvgIpc) is 2.38. The van der Waals surface area contributed by atoms with Gasteiger partial charge in [-0.2, -0.15) is 0 Å². The topological polar surface area (TPSA) is 0 Å². The molecule has 0 N–H and O–H groups in total. The minimum absolute atomic E-state index is 0.922. The van der Waals surface area contributed by atoms with Crippen molar-refractivity contribution in [1.29, 1.82) is 0 Å². The first-order valence-electron chi connectivity index (χ1n) is 5.62. The molecule has 0 spiro atoms. The van der Waals surface area contributed by atoms with Gasteiger partial charge in [0.25, 0.3) is 0 Å². The second kappa shape index (κ2) is 6.27. The summed E-state index contributed by atoms with van der Waals surface area (Å²) < 4.78 is 0. The van der Waals surface area contributed by atoms with Gasteiger partial charge < -0.3 is 0 Å². The molecule has 88 valence electrons. The minimum atomic E-state index is 0.922. The van der Waals surface area contributed by atoms with E-state index in [2.05, 4.69) is 71.4 Å². The lowest BCUT2D eigenvalue weighted by Crippen LogP contribution is -1.86. The van der Waals surface area contributed by atoms with E-state index in [9.17, 15) is 0 Å². The van der Waals surface area contributed by atoms with Gasteiger partial charge in [0.1, 0.15) is 0 Å². The van der Waals surface area contributed by atoms with Gasteiger partial charge in [-0.25, -0.2) is 0 Å². The van der Waals surface area contributed by atoms with Gasteiger partial charge in [0.2, 0.25) is 0 Å². The first-order chi connectivity index (χ1) is 8.29. The third kappa shape index (κ3) is 3.62. The monoisotopic (exact) mass is 306 g/mol. The molecule has 0 saturated heterocycles. The van der Waals surface area contributed by atoms with Crippen LogP contribution < -0.4 is 0 Å². The van der Waals surface area contributed by atoms with Gasteiger partial charge in [0.05, 0.1) is 0 Å². The number of hydrogen-bond acceptors (Lipinski definition) is 1. The van der Waals surface area contributed by atoms with Gasteiger partial charge >= 0.3 is 0 Å². The Morgan fingerprint density at radius 3 is 2.53 bits per heavy atom. The van der Waals surface area contributed by atoms with Crippen LogP contribution in [-0.2, 0) is 11.1 Å². The van der Waals surface area contributed by atoms with Crippen LogP contribution in [0.4, 0.5) is 0 Å². The van der Waals surface area contributed by atoms with Crippen LogP contribution in [0.5, 0.6) is 0 Å². The Bertz CT molecular complexity index is 480. The highest BCUT2D eigenvalue weighted by molar-refractivity contribution is 9.08. The Morgan fingerprint density at radius 2 is 1.82 bits per heavy atom. The average molecular weight is 307 g/mol. The summed E-state index contributed by atoms with van der Waals surface area (Å²) in [5.74, 6) is 1.03. The van der Waals surface area contributed by atoms with Gasteiger partial charge in [0, 0.05) is 16.0 Å². The van der Waals surface area contributed by atoms with Gasteiger partial charge in [-0.3, -0.25) is 0 Å². The number of alkyl halides is 1. The first kappa shape index (κ1) is 12.7. The van der Waals surface area contributed by atoms with Crippen LogP contribution in [0.25, 0.3) is 0 Å². The molecule has 0 aliphatic carbocycles. The van der Waals surface area contributed by atoms with Crippen molar-refractivity contribution in [3.05, 3.63) is 65.2 Å². The summed E-state index contributed by atoms with van der Waals surface area (Å²) in [7, 11) is 0. The molecule has 0 radical (unpaired) electrons. The molecule has 0 unspecified atom stereocenters. The number of aryl methyl sites for hydroxylation is 1. The van der Waals surface area contributed by atoms with Crippen molar-refractivity contribution in [2.75, 3.05) is 0 Å². The summed E-state index contributed by atoms with van der Waals surface area (Å²) in [5.41, 5.74) is 4.08. The van der Waals surface area contributed by atoms with Crippen LogP contribution in [-0.4, -0.2) is 0 Å². The van der Waals surface area contributed by atoms with Gasteiger partial charge in [-0.15, -0.1) is 11.8 Å². The van der Waals surface area contributed by atoms with Crippen LogP contribution in [0.1, 0.15) is 16.7 Å². The molecule has 2 rings (SSSR count). The van der Waals surface area contributed by atoms with E-state index in [1.807, 2.05) is 11.8 Å². The lowest BCUT2D eigenvalue weighted by Gasteiger charge is -2.08. The van der Waals surface area contributed by atoms with Crippen molar-refractivity contribution in [3.63, 3.8) is 0 Å². The molecule has 0 bridgehead atoms. The molecule has 2 aromatic carbocycles. The maximum atomic E-state index is 3.56. The second-order valence-corrected chi connectivity index (χ2v) is 5.60. The van der Waals surface area contributed by atoms with E-state index in [-0.39, 0.29) is 0 Å². The number of hydrogen-bond donors (Lipinski definition) is 0. The van der Waals surface area contributed by atoms with E-state index in [4.69, 9.17) is 0 Å². The summed E-state index contributed by atoms with van der Waals surface area (Å²) in [6, 6.07) is 17.3. The SMILES string of the molecule is Cc1ccc(SCc2ccccc2)c(CBr)c1. The van der Waals surface area contributed by atoms with Crippen molar-refractivity contribution in [2.45, 2.75) is 22.9 Å². The standard InChI is InChI=1S/C15H15BrS/c1-12-7-8-15(14(9-12)10-16)17-11-13-5-3-2-4-6-13/h2-9H,10-11H2,1H3. The highest BCUT2D eigenvalue weighted by atomic mass is 79.9. The van der Waals surface area contributed by atoms with Crippen molar-refractivity contribution in [1.82, 2.24) is 0 Å². The summed E-state index contributed by atoms with van der Waals surface area (Å²) in [5, 5.41) is 0.922. The zero-order valence-corrected chi connectivity index (χ0v) is 12.2. The van der Waals surface area contributed by atoms with Crippen LogP contribution in [0, 0.1) is 6.92 Å². The lowest BCUT2D eigenvalue weighted by molar-refractivity contribution is 1.24. The second-order valence-electron chi connectivity index (χ2n) is 4.02. The van der Waals surface area contributed by atoms with Crippen LogP contribution in [0.3, 0.4) is 0 Å². The minimum Gasteiger partial charge on any atom is -0.121 e. The van der Waals surface area contributed by atoms with Gasteiger partial charge in [0.15, 0.2) is 0 Å². The highest BCUT2D eigenvalue weighted by Crippen LogP contribution is 2.28. The van der Waals surface area contributed by atoms with Crippen molar-refractivity contribution >= 4 is 27.7 Å². The number of thioether (sulfide) groups is 1. The number of halogens is 1. The summed E-state index contributed by atoms with van der Waals surface area (Å²) in [6.07, 6.45) is 0. The van der Waals surface area contributed by atoms with Crippen LogP contribution >= 0.6 is 27.7 Å². The van der Waals surface area contributed by atoms with E-state index in [0.29, 0.717) is 0 Å². The Hall–Kier alpha value is -0.730. The van der Waals surface area contributed by atoms with E-state index in [1.165, 1.54) is 21.6 Å². The van der Waals surface area contributed by atoms with Gasteiger partial charge in [-0.1, -0.05) is 64.0 Å². The summed E-state index contributed by atoms with van der Waals surface area (Å²) >= 11 is 5.46. The van der Waals surface area contributed by atoms with E-state index in [0.717, 1.165) is 11.1 Å². The summed E-state index contributed by atoms with van der Waals surface area (Å²) in [4.78, 5) is 1.37. The number of rotatable bonds is 4. The van der Waals surface area contributed by atoms with E-state index < -0.39 is 0 Å². The normalized spacial score (nSPS) is 10.5. The quantitative estimate of drug-likeness (QED) is 0.554. The van der Waals surface area contributed by atoms with E-state index >= 15 is 0 Å². The molecule has 0 aliphatic rings. The molecule has 0 atom stereocenters. The largest absolute Gasteiger partial charge is 0.121 e. The zero-order chi connectivity index (χ0) is 12.1. The molecule has 0 aliphatic heterocycles. The first-order valence-corrected chi connectivity index (χ1v) is 7.72. The Kier molecular flexibility index (Phi) is 4.69. The molecule has 17 heavy (non-hydrogen) atoms. The smallest absolute Gasteiger partial charge is 0.0294 e. The van der Waals surface area contributed by atoms with Crippen LogP contribution in [0.15, 0.2) is 53.4 Å². The number of benzene rings is 2. The molecular weight excluding hydrogens is 292 g/mol. The molecule has 0 amide bonds. The van der Waals surface area contributed by atoms with E-state index in [1.54, 1.807) is 0 Å².